The molecule has 108 valence electrons. The lowest BCUT2D eigenvalue weighted by molar-refractivity contribution is 0.470. The molecule has 2 rings (SSSR count). The first-order valence-corrected chi connectivity index (χ1v) is 8.16. The lowest BCUT2D eigenvalue weighted by Gasteiger charge is -2.13. The summed E-state index contributed by atoms with van der Waals surface area (Å²) >= 11 is 0. The molecular weight excluding hydrogens is 274 g/mol. The van der Waals surface area contributed by atoms with Crippen molar-refractivity contribution in [1.82, 2.24) is 20.2 Å². The van der Waals surface area contributed by atoms with Gasteiger partial charge in [0.15, 0.2) is 5.82 Å². The van der Waals surface area contributed by atoms with Crippen LogP contribution in [0, 0.1) is 6.92 Å². The van der Waals surface area contributed by atoms with Crippen LogP contribution in [-0.4, -0.2) is 36.4 Å². The first-order valence-electron chi connectivity index (χ1n) is 6.43. The number of nitrogens with zero attached hydrogens (tertiary/aromatic N) is 4. The zero-order chi connectivity index (χ0) is 14.7. The summed E-state index contributed by atoms with van der Waals surface area (Å²) < 4.78 is 12.9. The Balaban J connectivity index is 2.32. The molecule has 1 heterocycles. The molecule has 0 fully saturated rings. The second-order valence-corrected chi connectivity index (χ2v) is 6.51. The van der Waals surface area contributed by atoms with Crippen molar-refractivity contribution < 1.29 is 4.21 Å². The summed E-state index contributed by atoms with van der Waals surface area (Å²) in [4.78, 5) is 0. The van der Waals surface area contributed by atoms with Crippen LogP contribution < -0.4 is 5.73 Å². The number of hydrogen-bond donors (Lipinski definition) is 1. The van der Waals surface area contributed by atoms with Crippen LogP contribution in [0.15, 0.2) is 18.2 Å². The SMILES string of the molecule is Cc1ccc(N)c(-c2nnnn2C(C)CCS(C)=O)c1. The number of anilines is 1. The maximum absolute atomic E-state index is 11.2. The number of benzene rings is 1. The Morgan fingerprint density at radius 2 is 2.20 bits per heavy atom. The molecule has 0 aliphatic carbocycles. The van der Waals surface area contributed by atoms with E-state index in [0.717, 1.165) is 17.5 Å². The molecule has 0 aliphatic rings. The van der Waals surface area contributed by atoms with E-state index in [1.165, 1.54) is 0 Å². The van der Waals surface area contributed by atoms with Gasteiger partial charge in [-0.1, -0.05) is 11.6 Å². The Morgan fingerprint density at radius 1 is 1.45 bits per heavy atom. The van der Waals surface area contributed by atoms with Gasteiger partial charge in [0, 0.05) is 34.1 Å². The van der Waals surface area contributed by atoms with E-state index in [4.69, 9.17) is 5.73 Å². The predicted octanol–water partition coefficient (Wildman–Crippen LogP) is 1.56. The van der Waals surface area contributed by atoms with Crippen LogP contribution in [-0.2, 0) is 10.8 Å². The van der Waals surface area contributed by atoms with Gasteiger partial charge in [-0.15, -0.1) is 5.10 Å². The van der Waals surface area contributed by atoms with Crippen LogP contribution in [0.3, 0.4) is 0 Å². The molecule has 0 bridgehead atoms. The third kappa shape index (κ3) is 3.22. The molecule has 0 aliphatic heterocycles. The van der Waals surface area contributed by atoms with Crippen molar-refractivity contribution in [2.24, 2.45) is 0 Å². The highest BCUT2D eigenvalue weighted by Crippen LogP contribution is 2.27. The van der Waals surface area contributed by atoms with E-state index in [1.807, 2.05) is 32.0 Å². The quantitative estimate of drug-likeness (QED) is 0.845. The molecule has 0 spiro atoms. The van der Waals surface area contributed by atoms with E-state index in [2.05, 4.69) is 15.5 Å². The zero-order valence-electron chi connectivity index (χ0n) is 11.9. The highest BCUT2D eigenvalue weighted by atomic mass is 32.2. The van der Waals surface area contributed by atoms with Gasteiger partial charge in [-0.3, -0.25) is 4.21 Å². The van der Waals surface area contributed by atoms with Crippen molar-refractivity contribution in [3.05, 3.63) is 23.8 Å². The number of tetrazole rings is 1. The third-order valence-electron chi connectivity index (χ3n) is 3.18. The molecule has 1 aromatic carbocycles. The fourth-order valence-electron chi connectivity index (χ4n) is 1.99. The first-order chi connectivity index (χ1) is 9.49. The van der Waals surface area contributed by atoms with E-state index in [1.54, 1.807) is 10.9 Å². The normalized spacial score (nSPS) is 14.2. The van der Waals surface area contributed by atoms with Crippen LogP contribution in [0.5, 0.6) is 0 Å². The van der Waals surface area contributed by atoms with E-state index in [9.17, 15) is 4.21 Å². The number of rotatable bonds is 5. The van der Waals surface area contributed by atoms with Gasteiger partial charge in [-0.25, -0.2) is 4.68 Å². The van der Waals surface area contributed by atoms with Crippen LogP contribution in [0.4, 0.5) is 5.69 Å². The fraction of sp³-hybridized carbons (Fsp3) is 0.462. The van der Waals surface area contributed by atoms with Crippen LogP contribution in [0.2, 0.25) is 0 Å². The smallest absolute Gasteiger partial charge is 0.184 e. The van der Waals surface area contributed by atoms with Crippen LogP contribution in [0.25, 0.3) is 11.4 Å². The molecule has 1 aromatic heterocycles. The van der Waals surface area contributed by atoms with Gasteiger partial charge in [0.2, 0.25) is 0 Å². The highest BCUT2D eigenvalue weighted by Gasteiger charge is 2.17. The summed E-state index contributed by atoms with van der Waals surface area (Å²) in [5.41, 5.74) is 8.60. The van der Waals surface area contributed by atoms with Crippen molar-refractivity contribution in [3.8, 4) is 11.4 Å². The van der Waals surface area contributed by atoms with E-state index in [-0.39, 0.29) is 6.04 Å². The second-order valence-electron chi connectivity index (χ2n) is 4.95. The van der Waals surface area contributed by atoms with Gasteiger partial charge in [0.05, 0.1) is 6.04 Å². The molecule has 7 heteroatoms. The topological polar surface area (TPSA) is 86.7 Å². The molecule has 20 heavy (non-hydrogen) atoms. The summed E-state index contributed by atoms with van der Waals surface area (Å²) in [6.07, 6.45) is 2.46. The summed E-state index contributed by atoms with van der Waals surface area (Å²) in [6.45, 7) is 4.01. The summed E-state index contributed by atoms with van der Waals surface area (Å²) in [6, 6.07) is 5.86. The Labute approximate surface area is 120 Å². The minimum atomic E-state index is -0.814. The molecule has 0 saturated carbocycles. The van der Waals surface area contributed by atoms with Gasteiger partial charge in [-0.05, 0) is 42.8 Å². The molecular formula is C13H19N5OS. The molecule has 0 radical (unpaired) electrons. The molecule has 2 aromatic rings. The summed E-state index contributed by atoms with van der Waals surface area (Å²) in [5, 5.41) is 11.9. The van der Waals surface area contributed by atoms with Gasteiger partial charge in [-0.2, -0.15) is 0 Å². The Kier molecular flexibility index (Phi) is 4.49. The van der Waals surface area contributed by atoms with Crippen molar-refractivity contribution in [2.75, 3.05) is 17.7 Å². The van der Waals surface area contributed by atoms with Crippen molar-refractivity contribution in [2.45, 2.75) is 26.3 Å². The minimum absolute atomic E-state index is 0.0730. The van der Waals surface area contributed by atoms with Gasteiger partial charge >= 0.3 is 0 Å². The molecule has 0 saturated heterocycles. The van der Waals surface area contributed by atoms with Crippen molar-refractivity contribution in [1.29, 1.82) is 0 Å². The predicted molar refractivity (Wildman–Crippen MR) is 80.7 cm³/mol. The maximum Gasteiger partial charge on any atom is 0.184 e. The molecule has 2 atom stereocenters. The van der Waals surface area contributed by atoms with Crippen LogP contribution >= 0.6 is 0 Å². The number of aromatic nitrogens is 4. The Hall–Kier alpha value is -1.76. The molecule has 2 unspecified atom stereocenters. The van der Waals surface area contributed by atoms with Gasteiger partial charge in [0.1, 0.15) is 0 Å². The number of nitrogen functional groups attached to an aromatic ring is 1. The van der Waals surface area contributed by atoms with Crippen molar-refractivity contribution in [3.63, 3.8) is 0 Å². The fourth-order valence-corrected chi connectivity index (χ4v) is 2.66. The number of hydrogen-bond acceptors (Lipinski definition) is 5. The largest absolute Gasteiger partial charge is 0.398 e. The third-order valence-corrected chi connectivity index (χ3v) is 3.99. The zero-order valence-corrected chi connectivity index (χ0v) is 12.7. The summed E-state index contributed by atoms with van der Waals surface area (Å²) in [7, 11) is -0.814. The average molecular weight is 293 g/mol. The first kappa shape index (κ1) is 14.6. The lowest BCUT2D eigenvalue weighted by atomic mass is 10.1. The molecule has 0 amide bonds. The average Bonchev–Trinajstić information content (AvgIpc) is 2.88. The number of aryl methyl sites for hydroxylation is 1. The lowest BCUT2D eigenvalue weighted by Crippen LogP contribution is -2.12. The van der Waals surface area contributed by atoms with Gasteiger partial charge < -0.3 is 5.73 Å². The Morgan fingerprint density at radius 3 is 2.90 bits per heavy atom. The van der Waals surface area contributed by atoms with E-state index >= 15 is 0 Å². The molecule has 2 N–H and O–H groups in total. The Bertz CT molecular complexity index is 625. The monoisotopic (exact) mass is 293 g/mol. The summed E-state index contributed by atoms with van der Waals surface area (Å²) in [5.74, 6) is 1.28. The molecule has 6 nitrogen and oxygen atoms in total. The van der Waals surface area contributed by atoms with Crippen molar-refractivity contribution >= 4 is 16.5 Å². The highest BCUT2D eigenvalue weighted by molar-refractivity contribution is 7.84. The minimum Gasteiger partial charge on any atom is -0.398 e. The maximum atomic E-state index is 11.2. The van der Waals surface area contributed by atoms with E-state index in [0.29, 0.717) is 17.3 Å². The van der Waals surface area contributed by atoms with Crippen LogP contribution in [0.1, 0.15) is 24.9 Å². The number of nitrogens with two attached hydrogens (primary N) is 1. The standard InChI is InChI=1S/C13H19N5OS/c1-9-4-5-12(14)11(8-9)13-15-16-17-18(13)10(2)6-7-20(3)19/h4-5,8,10H,6-7,14H2,1-3H3. The second kappa shape index (κ2) is 6.13. The van der Waals surface area contributed by atoms with E-state index < -0.39 is 10.8 Å². The van der Waals surface area contributed by atoms with Gasteiger partial charge in [0.25, 0.3) is 0 Å².